The van der Waals surface area contributed by atoms with Gasteiger partial charge >= 0.3 is 0 Å². The largest absolute Gasteiger partial charge is 0.226 e. The molecule has 0 spiro atoms. The van der Waals surface area contributed by atoms with Gasteiger partial charge in [-0.25, -0.2) is 21.6 Å². The van der Waals surface area contributed by atoms with Crippen LogP contribution in [0, 0.1) is 0 Å². The highest BCUT2D eigenvalue weighted by molar-refractivity contribution is 8.07. The van der Waals surface area contributed by atoms with E-state index < -0.39 is 24.9 Å². The molecule has 1 aromatic rings. The molecule has 0 radical (unpaired) electrons. The summed E-state index contributed by atoms with van der Waals surface area (Å²) in [5.74, 6) is 0. The van der Waals surface area contributed by atoms with E-state index in [0.717, 1.165) is 0 Å². The van der Waals surface area contributed by atoms with Gasteiger partial charge in [0.05, 0.1) is 4.90 Å². The van der Waals surface area contributed by atoms with E-state index in [1.54, 1.807) is 18.2 Å². The van der Waals surface area contributed by atoms with Gasteiger partial charge in [0.2, 0.25) is 10.0 Å². The fraction of sp³-hybridized carbons (Fsp3) is 0.250. The highest BCUT2D eigenvalue weighted by Gasteiger charge is 2.22. The van der Waals surface area contributed by atoms with Crippen LogP contribution in [-0.4, -0.2) is 29.0 Å². The lowest BCUT2D eigenvalue weighted by molar-refractivity contribution is 0.584. The monoisotopic (exact) mass is 249 g/mol. The second-order valence-corrected chi connectivity index (χ2v) is 7.15. The maximum atomic E-state index is 11.6. The SMILES string of the molecule is CNS(=O)(=O)CS(=O)(=O)c1ccccc1. The van der Waals surface area contributed by atoms with Crippen LogP contribution < -0.4 is 4.72 Å². The summed E-state index contributed by atoms with van der Waals surface area (Å²) < 4.78 is 47.3. The predicted octanol–water partition coefficient (Wildman–Crippen LogP) is -0.0330. The van der Waals surface area contributed by atoms with Crippen LogP contribution >= 0.6 is 0 Å². The Balaban J connectivity index is 3.07. The zero-order valence-corrected chi connectivity index (χ0v) is 9.68. The third kappa shape index (κ3) is 3.29. The van der Waals surface area contributed by atoms with Gasteiger partial charge in [0.15, 0.2) is 14.9 Å². The molecule has 5 nitrogen and oxygen atoms in total. The first-order valence-electron chi connectivity index (χ1n) is 4.06. The Labute approximate surface area is 89.1 Å². The van der Waals surface area contributed by atoms with Crippen molar-refractivity contribution in [3.8, 4) is 0 Å². The quantitative estimate of drug-likeness (QED) is 0.812. The average molecular weight is 249 g/mol. The van der Waals surface area contributed by atoms with Crippen molar-refractivity contribution in [2.45, 2.75) is 4.90 Å². The van der Waals surface area contributed by atoms with Crippen LogP contribution in [0.4, 0.5) is 0 Å². The first kappa shape index (κ1) is 12.2. The first-order valence-corrected chi connectivity index (χ1v) is 7.37. The van der Waals surface area contributed by atoms with Crippen molar-refractivity contribution in [3.05, 3.63) is 30.3 Å². The molecule has 1 aromatic carbocycles. The molecule has 1 rings (SSSR count). The molecule has 0 heterocycles. The zero-order valence-electron chi connectivity index (χ0n) is 8.04. The number of hydrogen-bond acceptors (Lipinski definition) is 4. The van der Waals surface area contributed by atoms with Gasteiger partial charge in [0.1, 0.15) is 0 Å². The molecular weight excluding hydrogens is 238 g/mol. The van der Waals surface area contributed by atoms with Crippen LogP contribution in [-0.2, 0) is 19.9 Å². The van der Waals surface area contributed by atoms with Gasteiger partial charge < -0.3 is 0 Å². The minimum Gasteiger partial charge on any atom is -0.223 e. The molecule has 7 heteroatoms. The molecule has 1 N–H and O–H groups in total. The van der Waals surface area contributed by atoms with Crippen LogP contribution in [0.2, 0.25) is 0 Å². The molecule has 0 aliphatic heterocycles. The maximum Gasteiger partial charge on any atom is 0.226 e. The Morgan fingerprint density at radius 3 is 2.07 bits per heavy atom. The summed E-state index contributed by atoms with van der Waals surface area (Å²) in [7, 11) is -6.37. The second-order valence-electron chi connectivity index (χ2n) is 2.86. The first-order chi connectivity index (χ1) is 6.87. The van der Waals surface area contributed by atoms with Gasteiger partial charge in [0, 0.05) is 0 Å². The zero-order chi connectivity index (χ0) is 11.5. The Hall–Kier alpha value is -0.920. The van der Waals surface area contributed by atoms with Gasteiger partial charge in [0.25, 0.3) is 0 Å². The summed E-state index contributed by atoms with van der Waals surface area (Å²) >= 11 is 0. The van der Waals surface area contributed by atoms with Crippen LogP contribution in [0.3, 0.4) is 0 Å². The Morgan fingerprint density at radius 1 is 1.07 bits per heavy atom. The van der Waals surface area contributed by atoms with Gasteiger partial charge in [-0.05, 0) is 19.2 Å². The van der Waals surface area contributed by atoms with Crippen molar-refractivity contribution in [2.24, 2.45) is 0 Å². The minimum absolute atomic E-state index is 0.00354. The fourth-order valence-corrected chi connectivity index (χ4v) is 4.18. The Kier molecular flexibility index (Phi) is 3.48. The third-order valence-electron chi connectivity index (χ3n) is 1.72. The van der Waals surface area contributed by atoms with E-state index in [1.165, 1.54) is 19.2 Å². The van der Waals surface area contributed by atoms with Crippen molar-refractivity contribution < 1.29 is 16.8 Å². The maximum absolute atomic E-state index is 11.6. The van der Waals surface area contributed by atoms with Crippen molar-refractivity contribution >= 4 is 19.9 Å². The molecule has 0 aliphatic rings. The van der Waals surface area contributed by atoms with E-state index in [0.29, 0.717) is 0 Å². The average Bonchev–Trinajstić information content (AvgIpc) is 2.18. The molecule has 0 atom stereocenters. The van der Waals surface area contributed by atoms with E-state index in [9.17, 15) is 16.8 Å². The topological polar surface area (TPSA) is 80.3 Å². The molecule has 0 aliphatic carbocycles. The summed E-state index contributed by atoms with van der Waals surface area (Å²) in [4.78, 5) is 0.00354. The predicted molar refractivity (Wildman–Crippen MR) is 56.5 cm³/mol. The van der Waals surface area contributed by atoms with Gasteiger partial charge in [-0.2, -0.15) is 0 Å². The number of rotatable bonds is 4. The Morgan fingerprint density at radius 2 is 1.60 bits per heavy atom. The molecule has 15 heavy (non-hydrogen) atoms. The van der Waals surface area contributed by atoms with Crippen LogP contribution in [0.5, 0.6) is 0 Å². The molecule has 0 bridgehead atoms. The summed E-state index contributed by atoms with van der Waals surface area (Å²) in [6.45, 7) is 0. The molecule has 0 fully saturated rings. The fourth-order valence-electron chi connectivity index (χ4n) is 0.959. The Bertz CT molecular complexity index is 519. The van der Waals surface area contributed by atoms with Crippen molar-refractivity contribution in [1.29, 1.82) is 0 Å². The number of nitrogens with one attached hydrogen (secondary N) is 1. The molecule has 0 aromatic heterocycles. The summed E-state index contributed by atoms with van der Waals surface area (Å²) in [5, 5.41) is -0.930. The van der Waals surface area contributed by atoms with E-state index in [2.05, 4.69) is 0 Å². The van der Waals surface area contributed by atoms with Gasteiger partial charge in [-0.1, -0.05) is 18.2 Å². The van der Waals surface area contributed by atoms with Crippen molar-refractivity contribution in [1.82, 2.24) is 4.72 Å². The van der Waals surface area contributed by atoms with Crippen LogP contribution in [0.25, 0.3) is 0 Å². The van der Waals surface area contributed by atoms with Crippen LogP contribution in [0.1, 0.15) is 0 Å². The van der Waals surface area contributed by atoms with Crippen LogP contribution in [0.15, 0.2) is 35.2 Å². The molecular formula is C8H11NO4S2. The standard InChI is InChI=1S/C8H11NO4S2/c1-9-15(12,13)7-14(10,11)8-5-3-2-4-6-8/h2-6,9H,7H2,1H3. The normalized spacial score (nSPS) is 12.6. The summed E-state index contributed by atoms with van der Waals surface area (Å²) in [6.07, 6.45) is 0. The highest BCUT2D eigenvalue weighted by Crippen LogP contribution is 2.11. The summed E-state index contributed by atoms with van der Waals surface area (Å²) in [5.41, 5.74) is 0. The minimum atomic E-state index is -3.78. The lowest BCUT2D eigenvalue weighted by atomic mass is 10.4. The lowest BCUT2D eigenvalue weighted by Crippen LogP contribution is -2.27. The molecule has 0 saturated carbocycles. The van der Waals surface area contributed by atoms with Crippen molar-refractivity contribution in [3.63, 3.8) is 0 Å². The van der Waals surface area contributed by atoms with E-state index in [1.807, 2.05) is 4.72 Å². The number of benzene rings is 1. The number of sulfonamides is 1. The van der Waals surface area contributed by atoms with E-state index >= 15 is 0 Å². The summed E-state index contributed by atoms with van der Waals surface area (Å²) in [6, 6.07) is 7.46. The van der Waals surface area contributed by atoms with Crippen molar-refractivity contribution in [2.75, 3.05) is 12.1 Å². The van der Waals surface area contributed by atoms with Gasteiger partial charge in [-0.3, -0.25) is 0 Å². The molecule has 84 valence electrons. The molecule has 0 amide bonds. The molecule has 0 unspecified atom stereocenters. The van der Waals surface area contributed by atoms with E-state index in [-0.39, 0.29) is 4.90 Å². The molecule has 0 saturated heterocycles. The van der Waals surface area contributed by atoms with E-state index in [4.69, 9.17) is 0 Å². The lowest BCUT2D eigenvalue weighted by Gasteiger charge is -2.04. The smallest absolute Gasteiger partial charge is 0.223 e. The number of hydrogen-bond donors (Lipinski definition) is 1. The highest BCUT2D eigenvalue weighted by atomic mass is 32.3. The third-order valence-corrected chi connectivity index (χ3v) is 5.82. The number of sulfone groups is 1. The van der Waals surface area contributed by atoms with Gasteiger partial charge in [-0.15, -0.1) is 0 Å². The second kappa shape index (κ2) is 4.30.